The average Bonchev–Trinajstić information content (AvgIpc) is 3.31. The van der Waals surface area contributed by atoms with Crippen molar-refractivity contribution in [2.75, 3.05) is 11.4 Å². The van der Waals surface area contributed by atoms with Crippen molar-refractivity contribution in [3.8, 4) is 0 Å². The fourth-order valence-corrected chi connectivity index (χ4v) is 5.98. The lowest BCUT2D eigenvalue weighted by molar-refractivity contribution is 0.0923. The van der Waals surface area contributed by atoms with Crippen LogP contribution in [-0.4, -0.2) is 27.4 Å². The van der Waals surface area contributed by atoms with Crippen LogP contribution in [0.3, 0.4) is 0 Å². The molecule has 3 atom stereocenters. The van der Waals surface area contributed by atoms with E-state index in [0.29, 0.717) is 17.2 Å². The second kappa shape index (κ2) is 7.24. The van der Waals surface area contributed by atoms with Crippen LogP contribution in [0.15, 0.2) is 53.4 Å². The molecule has 6 heteroatoms. The fraction of sp³-hybridized carbons (Fsp3) is 0.409. The zero-order valence-electron chi connectivity index (χ0n) is 16.3. The molecule has 2 fully saturated rings. The van der Waals surface area contributed by atoms with E-state index in [1.807, 2.05) is 6.92 Å². The standard InChI is InChI=1S/C22H26N2O3S/c1-15-12-18(22(25)23-20-14-16-8-9-17(20)13-16)10-11-21(15)24(2)28(26,27)19-6-4-3-5-7-19/h3-7,10-12,16-17,20H,8-9,13-14H2,1-2H3,(H,23,25)/t16-,17-,20-/m0/s1. The SMILES string of the molecule is Cc1cc(C(=O)N[C@H]2C[C@H]3CC[C@H]2C3)ccc1N(C)S(=O)(=O)c1ccccc1. The Kier molecular flexibility index (Phi) is 4.91. The summed E-state index contributed by atoms with van der Waals surface area (Å²) in [5.41, 5.74) is 1.90. The smallest absolute Gasteiger partial charge is 0.264 e. The van der Waals surface area contributed by atoms with Crippen molar-refractivity contribution in [1.82, 2.24) is 5.32 Å². The van der Waals surface area contributed by atoms with E-state index in [9.17, 15) is 13.2 Å². The average molecular weight is 399 g/mol. The van der Waals surface area contributed by atoms with Gasteiger partial charge in [-0.15, -0.1) is 0 Å². The summed E-state index contributed by atoms with van der Waals surface area (Å²) < 4.78 is 27.0. The highest BCUT2D eigenvalue weighted by Gasteiger charge is 2.40. The van der Waals surface area contributed by atoms with Crippen LogP contribution in [0.5, 0.6) is 0 Å². The van der Waals surface area contributed by atoms with Crippen LogP contribution < -0.4 is 9.62 Å². The van der Waals surface area contributed by atoms with E-state index in [2.05, 4.69) is 5.32 Å². The highest BCUT2D eigenvalue weighted by molar-refractivity contribution is 7.92. The number of anilines is 1. The van der Waals surface area contributed by atoms with Gasteiger partial charge in [0, 0.05) is 18.7 Å². The first-order valence-electron chi connectivity index (χ1n) is 9.82. The molecule has 2 aliphatic rings. The van der Waals surface area contributed by atoms with Crippen LogP contribution >= 0.6 is 0 Å². The summed E-state index contributed by atoms with van der Waals surface area (Å²) >= 11 is 0. The quantitative estimate of drug-likeness (QED) is 0.834. The van der Waals surface area contributed by atoms with E-state index in [4.69, 9.17) is 0 Å². The number of carbonyl (C=O) groups excluding carboxylic acids is 1. The second-order valence-corrected chi connectivity index (χ2v) is 10.0. The van der Waals surface area contributed by atoms with E-state index in [-0.39, 0.29) is 16.8 Å². The number of carbonyl (C=O) groups is 1. The molecule has 2 saturated carbocycles. The molecule has 1 N–H and O–H groups in total. The Bertz CT molecular complexity index is 988. The Morgan fingerprint density at radius 3 is 2.43 bits per heavy atom. The highest BCUT2D eigenvalue weighted by atomic mass is 32.2. The molecule has 2 bridgehead atoms. The number of nitrogens with one attached hydrogen (secondary N) is 1. The van der Waals surface area contributed by atoms with Crippen molar-refractivity contribution in [2.24, 2.45) is 11.8 Å². The molecule has 4 rings (SSSR count). The van der Waals surface area contributed by atoms with E-state index in [0.717, 1.165) is 17.9 Å². The number of amides is 1. The van der Waals surface area contributed by atoms with E-state index < -0.39 is 10.0 Å². The van der Waals surface area contributed by atoms with Crippen LogP contribution in [0.25, 0.3) is 0 Å². The third-order valence-electron chi connectivity index (χ3n) is 6.25. The summed E-state index contributed by atoms with van der Waals surface area (Å²) in [6.07, 6.45) is 4.85. The zero-order valence-corrected chi connectivity index (χ0v) is 17.1. The number of hydrogen-bond acceptors (Lipinski definition) is 3. The molecule has 1 amide bonds. The minimum Gasteiger partial charge on any atom is -0.349 e. The molecule has 0 saturated heterocycles. The van der Waals surface area contributed by atoms with Crippen LogP contribution in [0, 0.1) is 18.8 Å². The summed E-state index contributed by atoms with van der Waals surface area (Å²) in [5, 5.41) is 3.19. The molecular formula is C22H26N2O3S. The monoisotopic (exact) mass is 398 g/mol. The van der Waals surface area contributed by atoms with E-state index in [1.54, 1.807) is 55.6 Å². The van der Waals surface area contributed by atoms with Gasteiger partial charge in [-0.2, -0.15) is 0 Å². The van der Waals surface area contributed by atoms with Crippen LogP contribution in [0.2, 0.25) is 0 Å². The summed E-state index contributed by atoms with van der Waals surface area (Å²) in [4.78, 5) is 12.9. The van der Waals surface area contributed by atoms with Gasteiger partial charge >= 0.3 is 0 Å². The van der Waals surface area contributed by atoms with Crippen molar-refractivity contribution in [2.45, 2.75) is 43.5 Å². The van der Waals surface area contributed by atoms with Gasteiger partial charge in [-0.25, -0.2) is 8.42 Å². The summed E-state index contributed by atoms with van der Waals surface area (Å²) in [5.74, 6) is 1.33. The largest absolute Gasteiger partial charge is 0.349 e. The lowest BCUT2D eigenvalue weighted by Gasteiger charge is -2.24. The van der Waals surface area contributed by atoms with Crippen LogP contribution in [-0.2, 0) is 10.0 Å². The van der Waals surface area contributed by atoms with E-state index >= 15 is 0 Å². The lowest BCUT2D eigenvalue weighted by atomic mass is 9.95. The minimum atomic E-state index is -3.64. The molecule has 5 nitrogen and oxygen atoms in total. The van der Waals surface area contributed by atoms with Gasteiger partial charge in [-0.1, -0.05) is 24.6 Å². The number of rotatable bonds is 5. The van der Waals surface area contributed by atoms with Crippen molar-refractivity contribution in [1.29, 1.82) is 0 Å². The van der Waals surface area contributed by atoms with Gasteiger partial charge in [0.25, 0.3) is 15.9 Å². The molecule has 0 spiro atoms. The third kappa shape index (κ3) is 3.41. The van der Waals surface area contributed by atoms with Crippen LogP contribution in [0.1, 0.15) is 41.6 Å². The molecule has 0 heterocycles. The topological polar surface area (TPSA) is 66.5 Å². The number of benzene rings is 2. The van der Waals surface area contributed by atoms with Gasteiger partial charge in [0.05, 0.1) is 10.6 Å². The van der Waals surface area contributed by atoms with E-state index in [1.165, 1.54) is 23.6 Å². The van der Waals surface area contributed by atoms with Crippen LogP contribution in [0.4, 0.5) is 5.69 Å². The van der Waals surface area contributed by atoms with Gasteiger partial charge in [-0.3, -0.25) is 9.10 Å². The van der Waals surface area contributed by atoms with Crippen molar-refractivity contribution < 1.29 is 13.2 Å². The fourth-order valence-electron chi connectivity index (χ4n) is 4.70. The maximum absolute atomic E-state index is 12.9. The molecule has 28 heavy (non-hydrogen) atoms. The first-order chi connectivity index (χ1) is 13.4. The predicted octanol–water partition coefficient (Wildman–Crippen LogP) is 3.74. The molecule has 0 aromatic heterocycles. The predicted molar refractivity (Wildman–Crippen MR) is 110 cm³/mol. The Morgan fingerprint density at radius 2 is 1.82 bits per heavy atom. The molecule has 2 aromatic carbocycles. The molecule has 0 radical (unpaired) electrons. The van der Waals surface area contributed by atoms with Gasteiger partial charge in [0.2, 0.25) is 0 Å². The first kappa shape index (κ1) is 19.0. The molecular weight excluding hydrogens is 372 g/mol. The zero-order chi connectivity index (χ0) is 19.9. The first-order valence-corrected chi connectivity index (χ1v) is 11.3. The molecule has 0 aliphatic heterocycles. The number of sulfonamides is 1. The minimum absolute atomic E-state index is 0.0687. The Hall–Kier alpha value is -2.34. The highest BCUT2D eigenvalue weighted by Crippen LogP contribution is 2.44. The summed E-state index contributed by atoms with van der Waals surface area (Å²) in [6.45, 7) is 1.83. The van der Waals surface area contributed by atoms with Gasteiger partial charge in [-0.05, 0) is 73.9 Å². The second-order valence-electron chi connectivity index (χ2n) is 8.04. The van der Waals surface area contributed by atoms with Crippen molar-refractivity contribution >= 4 is 21.6 Å². The van der Waals surface area contributed by atoms with Gasteiger partial charge in [0.15, 0.2) is 0 Å². The Balaban J connectivity index is 1.52. The molecule has 2 aliphatic carbocycles. The third-order valence-corrected chi connectivity index (χ3v) is 8.04. The number of fused-ring (bicyclic) bond motifs is 2. The molecule has 2 aromatic rings. The van der Waals surface area contributed by atoms with Gasteiger partial charge < -0.3 is 5.32 Å². The normalized spacial score (nSPS) is 23.6. The van der Waals surface area contributed by atoms with Crippen molar-refractivity contribution in [3.63, 3.8) is 0 Å². The summed E-state index contributed by atoms with van der Waals surface area (Å²) in [6, 6.07) is 13.8. The number of hydrogen-bond donors (Lipinski definition) is 1. The van der Waals surface area contributed by atoms with Crippen molar-refractivity contribution in [3.05, 3.63) is 59.7 Å². The lowest BCUT2D eigenvalue weighted by Crippen LogP contribution is -2.38. The Morgan fingerprint density at radius 1 is 1.07 bits per heavy atom. The van der Waals surface area contributed by atoms with Gasteiger partial charge in [0.1, 0.15) is 0 Å². The summed E-state index contributed by atoms with van der Waals surface area (Å²) in [7, 11) is -2.10. The number of aryl methyl sites for hydroxylation is 1. The Labute approximate surface area is 166 Å². The number of nitrogens with zero attached hydrogens (tertiary/aromatic N) is 1. The maximum Gasteiger partial charge on any atom is 0.264 e. The molecule has 148 valence electrons. The molecule has 0 unspecified atom stereocenters. The maximum atomic E-state index is 12.9.